The number of hydrogen-bond acceptors (Lipinski definition) is 4. The van der Waals surface area contributed by atoms with Crippen molar-refractivity contribution in [3.8, 4) is 11.1 Å². The lowest BCUT2D eigenvalue weighted by Gasteiger charge is -2.27. The predicted molar refractivity (Wildman–Crippen MR) is 121 cm³/mol. The van der Waals surface area contributed by atoms with Crippen molar-refractivity contribution >= 4 is 21.8 Å². The van der Waals surface area contributed by atoms with Crippen molar-refractivity contribution in [2.24, 2.45) is 10.6 Å². The van der Waals surface area contributed by atoms with E-state index >= 15 is 0 Å². The van der Waals surface area contributed by atoms with Crippen molar-refractivity contribution in [1.29, 1.82) is 0 Å². The molecule has 1 aliphatic heterocycles. The van der Waals surface area contributed by atoms with Gasteiger partial charge in [-0.15, -0.1) is 0 Å². The molecule has 4 rings (SSSR count). The lowest BCUT2D eigenvalue weighted by molar-refractivity contribution is -0.148. The van der Waals surface area contributed by atoms with Crippen LogP contribution in [0.2, 0.25) is 0 Å². The molecule has 2 amide bonds. The number of carbonyl (C=O) groups excluding carboxylic acids is 2. The summed E-state index contributed by atoms with van der Waals surface area (Å²) in [5, 5.41) is 8.64. The first-order valence-corrected chi connectivity index (χ1v) is 12.7. The molecular formula is C24H29N3O4S. The van der Waals surface area contributed by atoms with Crippen LogP contribution in [0.25, 0.3) is 11.1 Å². The zero-order valence-corrected chi connectivity index (χ0v) is 19.1. The van der Waals surface area contributed by atoms with E-state index in [-0.39, 0.29) is 16.7 Å². The highest BCUT2D eigenvalue weighted by Gasteiger charge is 2.58. The molecule has 0 unspecified atom stereocenters. The maximum absolute atomic E-state index is 13.3. The van der Waals surface area contributed by atoms with E-state index < -0.39 is 15.4 Å². The molecule has 2 aliphatic rings. The van der Waals surface area contributed by atoms with Crippen molar-refractivity contribution < 1.29 is 18.0 Å². The van der Waals surface area contributed by atoms with Crippen LogP contribution in [0.1, 0.15) is 51.0 Å². The summed E-state index contributed by atoms with van der Waals surface area (Å²) in [6, 6.07) is 14.0. The summed E-state index contributed by atoms with van der Waals surface area (Å²) < 4.78 is 23.9. The molecule has 0 radical (unpaired) electrons. The summed E-state index contributed by atoms with van der Waals surface area (Å²) in [5.41, 5.74) is 1.25. The van der Waals surface area contributed by atoms with Crippen LogP contribution in [-0.4, -0.2) is 36.8 Å². The monoisotopic (exact) mass is 455 g/mol. The molecule has 8 heteroatoms. The van der Waals surface area contributed by atoms with E-state index in [4.69, 9.17) is 5.14 Å². The van der Waals surface area contributed by atoms with Crippen molar-refractivity contribution in [3.63, 3.8) is 0 Å². The molecule has 0 bridgehead atoms. The Bertz CT molecular complexity index is 1120. The van der Waals surface area contributed by atoms with Crippen LogP contribution in [-0.2, 0) is 26.2 Å². The second kappa shape index (κ2) is 8.67. The number of nitrogens with two attached hydrogens (primary N) is 1. The minimum absolute atomic E-state index is 0.0489. The van der Waals surface area contributed by atoms with Gasteiger partial charge < -0.3 is 0 Å². The summed E-state index contributed by atoms with van der Waals surface area (Å²) in [5.74, 6) is -0.132. The zero-order chi connectivity index (χ0) is 22.9. The number of amides is 2. The molecule has 7 nitrogen and oxygen atoms in total. The van der Waals surface area contributed by atoms with Gasteiger partial charge in [0.25, 0.3) is 11.8 Å². The highest BCUT2D eigenvalue weighted by molar-refractivity contribution is 7.89. The van der Waals surface area contributed by atoms with Gasteiger partial charge in [0, 0.05) is 12.1 Å². The highest BCUT2D eigenvalue weighted by atomic mass is 32.2. The van der Waals surface area contributed by atoms with Crippen molar-refractivity contribution in [2.45, 2.75) is 56.9 Å². The van der Waals surface area contributed by atoms with E-state index in [1.54, 1.807) is 28.2 Å². The average Bonchev–Trinajstić information content (AvgIpc) is 3.34. The molecule has 2 aromatic carbocycles. The summed E-state index contributed by atoms with van der Waals surface area (Å²) in [6.07, 6.45) is 4.86. The molecule has 2 aromatic rings. The fourth-order valence-electron chi connectivity index (χ4n) is 4.81. The van der Waals surface area contributed by atoms with Gasteiger partial charge in [-0.25, -0.2) is 18.6 Å². The Hall–Kier alpha value is -2.71. The lowest BCUT2D eigenvalue weighted by Crippen LogP contribution is -2.40. The van der Waals surface area contributed by atoms with Crippen LogP contribution in [0.4, 0.5) is 0 Å². The van der Waals surface area contributed by atoms with Crippen molar-refractivity contribution in [2.75, 3.05) is 6.54 Å². The molecule has 0 aromatic heterocycles. The van der Waals surface area contributed by atoms with Crippen LogP contribution in [0.3, 0.4) is 0 Å². The Morgan fingerprint density at radius 1 is 0.938 bits per heavy atom. The first kappa shape index (κ1) is 22.5. The Balaban J connectivity index is 1.60. The standard InChI is InChI=1S/C24H29N3O4S/c1-2-3-16-26-22(28)24(14-6-7-15-24)23(29)27(26)17-18-10-12-19(13-11-18)20-8-4-5-9-21(20)32(25,30)31/h4-5,8-13H,2-3,6-7,14-17H2,1H3,(H2,25,30,31). The van der Waals surface area contributed by atoms with Crippen molar-refractivity contribution in [1.82, 2.24) is 10.0 Å². The lowest BCUT2D eigenvalue weighted by atomic mass is 9.85. The third kappa shape index (κ3) is 3.93. The van der Waals surface area contributed by atoms with Gasteiger partial charge in [0.15, 0.2) is 0 Å². The van der Waals surface area contributed by atoms with Gasteiger partial charge in [0.05, 0.1) is 11.4 Å². The van der Waals surface area contributed by atoms with Crippen LogP contribution in [0.15, 0.2) is 53.4 Å². The normalized spacial score (nSPS) is 18.2. The Morgan fingerprint density at radius 3 is 2.19 bits per heavy atom. The van der Waals surface area contributed by atoms with E-state index in [0.29, 0.717) is 31.5 Å². The van der Waals surface area contributed by atoms with Crippen LogP contribution in [0, 0.1) is 5.41 Å². The largest absolute Gasteiger partial charge is 0.272 e. The molecule has 1 aliphatic carbocycles. The summed E-state index contributed by atoms with van der Waals surface area (Å²) >= 11 is 0. The third-order valence-electron chi connectivity index (χ3n) is 6.55. The minimum Gasteiger partial charge on any atom is -0.272 e. The number of benzene rings is 2. The maximum Gasteiger partial charge on any atom is 0.257 e. The molecular weight excluding hydrogens is 426 g/mol. The number of unbranched alkanes of at least 4 members (excludes halogenated alkanes) is 1. The molecule has 1 spiro atoms. The molecule has 1 saturated heterocycles. The van der Waals surface area contributed by atoms with Gasteiger partial charge in [0.2, 0.25) is 10.0 Å². The van der Waals surface area contributed by atoms with Crippen LogP contribution >= 0.6 is 0 Å². The van der Waals surface area contributed by atoms with E-state index in [9.17, 15) is 18.0 Å². The van der Waals surface area contributed by atoms with Gasteiger partial charge >= 0.3 is 0 Å². The number of primary sulfonamides is 1. The molecule has 2 N–H and O–H groups in total. The molecule has 170 valence electrons. The molecule has 1 saturated carbocycles. The maximum atomic E-state index is 13.3. The quantitative estimate of drug-likeness (QED) is 0.646. The number of rotatable bonds is 7. The number of sulfonamides is 1. The fraction of sp³-hybridized carbons (Fsp3) is 0.417. The second-order valence-corrected chi connectivity index (χ2v) is 10.2. The smallest absolute Gasteiger partial charge is 0.257 e. The van der Waals surface area contributed by atoms with Crippen LogP contribution < -0.4 is 5.14 Å². The molecule has 1 heterocycles. The van der Waals surface area contributed by atoms with E-state index in [0.717, 1.165) is 36.8 Å². The summed E-state index contributed by atoms with van der Waals surface area (Å²) in [6.45, 7) is 2.92. The number of hydrogen-bond donors (Lipinski definition) is 1. The first-order chi connectivity index (χ1) is 15.3. The summed E-state index contributed by atoms with van der Waals surface area (Å²) in [4.78, 5) is 26.6. The molecule has 32 heavy (non-hydrogen) atoms. The molecule has 0 atom stereocenters. The third-order valence-corrected chi connectivity index (χ3v) is 7.52. The minimum atomic E-state index is -3.85. The Labute approximate surface area is 189 Å². The topological polar surface area (TPSA) is 101 Å². The molecule has 2 fully saturated rings. The Morgan fingerprint density at radius 2 is 1.56 bits per heavy atom. The van der Waals surface area contributed by atoms with Gasteiger partial charge in [-0.05, 0) is 36.5 Å². The fourth-order valence-corrected chi connectivity index (χ4v) is 5.57. The summed E-state index contributed by atoms with van der Waals surface area (Å²) in [7, 11) is -3.85. The van der Waals surface area contributed by atoms with Gasteiger partial charge in [0.1, 0.15) is 5.41 Å². The number of carbonyl (C=O) groups is 2. The Kier molecular flexibility index (Phi) is 6.09. The highest BCUT2D eigenvalue weighted by Crippen LogP contribution is 2.46. The number of hydrazine groups is 1. The number of nitrogens with zero attached hydrogens (tertiary/aromatic N) is 2. The van der Waals surface area contributed by atoms with E-state index in [2.05, 4.69) is 6.92 Å². The van der Waals surface area contributed by atoms with E-state index in [1.807, 2.05) is 24.3 Å². The SMILES string of the molecule is CCCCN1C(=O)C2(CCCC2)C(=O)N1Cc1ccc(-c2ccccc2S(N)(=O)=O)cc1. The second-order valence-electron chi connectivity index (χ2n) is 8.67. The van der Waals surface area contributed by atoms with E-state index in [1.165, 1.54) is 6.07 Å². The van der Waals surface area contributed by atoms with Crippen LogP contribution in [0.5, 0.6) is 0 Å². The average molecular weight is 456 g/mol. The zero-order valence-electron chi connectivity index (χ0n) is 18.3. The van der Waals surface area contributed by atoms with Crippen molar-refractivity contribution in [3.05, 3.63) is 54.1 Å². The van der Waals surface area contributed by atoms with Gasteiger partial charge in [-0.1, -0.05) is 68.7 Å². The predicted octanol–water partition coefficient (Wildman–Crippen LogP) is 3.45. The van der Waals surface area contributed by atoms with Gasteiger partial charge in [-0.3, -0.25) is 14.6 Å². The van der Waals surface area contributed by atoms with Gasteiger partial charge in [-0.2, -0.15) is 0 Å². The first-order valence-electron chi connectivity index (χ1n) is 11.1.